The molecule has 0 N–H and O–H groups in total. The van der Waals surface area contributed by atoms with Gasteiger partial charge in [-0.25, -0.2) is 0 Å². The van der Waals surface area contributed by atoms with E-state index in [-0.39, 0.29) is 0 Å². The predicted octanol–water partition coefficient (Wildman–Crippen LogP) is 6.09. The molecule has 2 heteroatoms. The van der Waals surface area contributed by atoms with Crippen LogP contribution in [0.5, 0.6) is 0 Å². The van der Waals surface area contributed by atoms with Crippen molar-refractivity contribution in [3.05, 3.63) is 0 Å². The van der Waals surface area contributed by atoms with E-state index in [1.165, 1.54) is 12.8 Å². The lowest BCUT2D eigenvalue weighted by Crippen LogP contribution is -2.58. The monoisotopic (exact) mass is 304 g/mol. The molecular formula is C20H34BF. The van der Waals surface area contributed by atoms with Gasteiger partial charge in [-0.3, -0.25) is 0 Å². The molecule has 4 bridgehead atoms. The summed E-state index contributed by atoms with van der Waals surface area (Å²) in [5.74, 6) is 5.03. The Bertz CT molecular complexity index is 428. The topological polar surface area (TPSA) is 0 Å². The fourth-order valence-corrected chi connectivity index (χ4v) is 7.54. The van der Waals surface area contributed by atoms with E-state index in [9.17, 15) is 0 Å². The summed E-state index contributed by atoms with van der Waals surface area (Å²) in [6.45, 7) is 13.9. The molecule has 22 heavy (non-hydrogen) atoms. The summed E-state index contributed by atoms with van der Waals surface area (Å²) in [6, 6.07) is 0. The highest BCUT2D eigenvalue weighted by Gasteiger charge is 2.63. The maximum Gasteiger partial charge on any atom is 0.355 e. The first-order valence-corrected chi connectivity index (χ1v) is 9.79. The van der Waals surface area contributed by atoms with Crippen LogP contribution in [-0.2, 0) is 0 Å². The molecule has 124 valence electrons. The average molecular weight is 304 g/mol. The summed E-state index contributed by atoms with van der Waals surface area (Å²) in [6.07, 6.45) is 5.06. The number of hydrogen-bond acceptors (Lipinski definition) is 0. The minimum absolute atomic E-state index is 0.352. The first-order valence-electron chi connectivity index (χ1n) is 9.79. The van der Waals surface area contributed by atoms with Crippen LogP contribution in [-0.4, -0.2) is 6.99 Å². The second-order valence-corrected chi connectivity index (χ2v) is 10.7. The number of hydrogen-bond donors (Lipinski definition) is 0. The Kier molecular flexibility index (Phi) is 3.20. The summed E-state index contributed by atoms with van der Waals surface area (Å²) in [7, 11) is 0. The molecule has 0 aromatic carbocycles. The normalized spacial score (nSPS) is 54.1. The van der Waals surface area contributed by atoms with E-state index in [4.69, 9.17) is 0 Å². The van der Waals surface area contributed by atoms with Crippen LogP contribution in [0.2, 0.25) is 11.6 Å². The molecule has 6 fully saturated rings. The molecule has 8 atom stereocenters. The highest BCUT2D eigenvalue weighted by Crippen LogP contribution is 2.69. The lowest BCUT2D eigenvalue weighted by Gasteiger charge is -2.65. The van der Waals surface area contributed by atoms with Crippen LogP contribution in [0.15, 0.2) is 0 Å². The second-order valence-electron chi connectivity index (χ2n) is 10.7. The van der Waals surface area contributed by atoms with Gasteiger partial charge in [-0.05, 0) is 70.8 Å². The van der Waals surface area contributed by atoms with Crippen LogP contribution in [0.1, 0.15) is 67.2 Å². The van der Waals surface area contributed by atoms with Crippen molar-refractivity contribution in [2.24, 2.45) is 46.3 Å². The molecule has 6 saturated carbocycles. The maximum atomic E-state index is 15.6. The van der Waals surface area contributed by atoms with Gasteiger partial charge < -0.3 is 4.32 Å². The standard InChI is InChI=1S/C20H34BF/c1-11-15-7-13(19(15,3)4)9-17(11)21(22)18-10-14-8-16(12(18)2)20(14,5)6/h11-18H,7-10H2,1-6H3. The molecule has 0 spiro atoms. The van der Waals surface area contributed by atoms with Gasteiger partial charge in [0.2, 0.25) is 0 Å². The molecule has 0 aliphatic heterocycles. The Morgan fingerprint density at radius 1 is 0.727 bits per heavy atom. The van der Waals surface area contributed by atoms with E-state index in [2.05, 4.69) is 41.5 Å². The molecule has 0 nitrogen and oxygen atoms in total. The van der Waals surface area contributed by atoms with Gasteiger partial charge in [-0.1, -0.05) is 54.4 Å². The Hall–Kier alpha value is -0.00506. The highest BCUT2D eigenvalue weighted by molar-refractivity contribution is 6.55. The van der Waals surface area contributed by atoms with Gasteiger partial charge in [0, 0.05) is 0 Å². The van der Waals surface area contributed by atoms with Gasteiger partial charge in [-0.15, -0.1) is 0 Å². The largest absolute Gasteiger partial charge is 0.355 e. The maximum absolute atomic E-state index is 15.6. The molecule has 8 unspecified atom stereocenters. The van der Waals surface area contributed by atoms with Crippen LogP contribution in [0.3, 0.4) is 0 Å². The Morgan fingerprint density at radius 3 is 1.36 bits per heavy atom. The third-order valence-electron chi connectivity index (χ3n) is 9.64. The van der Waals surface area contributed by atoms with Crippen LogP contribution in [0.4, 0.5) is 4.32 Å². The third-order valence-corrected chi connectivity index (χ3v) is 9.64. The first-order chi connectivity index (χ1) is 10.2. The first kappa shape index (κ1) is 15.5. The highest BCUT2D eigenvalue weighted by atomic mass is 19.1. The van der Waals surface area contributed by atoms with E-state index in [0.29, 0.717) is 34.3 Å². The molecule has 0 aromatic rings. The van der Waals surface area contributed by atoms with Crippen molar-refractivity contribution in [2.45, 2.75) is 78.9 Å². The molecule has 0 saturated heterocycles. The van der Waals surface area contributed by atoms with E-state index in [1.54, 1.807) is 0 Å². The van der Waals surface area contributed by atoms with Crippen molar-refractivity contribution in [3.63, 3.8) is 0 Å². The van der Waals surface area contributed by atoms with Gasteiger partial charge in [0.1, 0.15) is 0 Å². The average Bonchev–Trinajstić information content (AvgIpc) is 2.45. The van der Waals surface area contributed by atoms with Gasteiger partial charge in [-0.2, -0.15) is 0 Å². The molecule has 0 radical (unpaired) electrons. The minimum atomic E-state index is -0.534. The lowest BCUT2D eigenvalue weighted by molar-refractivity contribution is -0.109. The SMILES string of the molecule is CC1C(B(F)C2CC3CC(C2C)C3(C)C)CC2CC1C2(C)C. The quantitative estimate of drug-likeness (QED) is 0.541. The van der Waals surface area contributed by atoms with Crippen molar-refractivity contribution in [3.8, 4) is 0 Å². The van der Waals surface area contributed by atoms with E-state index in [0.717, 1.165) is 36.5 Å². The van der Waals surface area contributed by atoms with Crippen LogP contribution < -0.4 is 0 Å². The molecule has 6 rings (SSSR count). The third kappa shape index (κ3) is 1.76. The van der Waals surface area contributed by atoms with Crippen molar-refractivity contribution < 1.29 is 4.32 Å². The Morgan fingerprint density at radius 2 is 1.09 bits per heavy atom. The van der Waals surface area contributed by atoms with E-state index >= 15 is 4.32 Å². The Balaban J connectivity index is 1.49. The summed E-state index contributed by atoms with van der Waals surface area (Å²) in [5, 5.41) is 0. The van der Waals surface area contributed by atoms with Crippen molar-refractivity contribution in [1.29, 1.82) is 0 Å². The zero-order chi connectivity index (χ0) is 16.0. The van der Waals surface area contributed by atoms with Gasteiger partial charge in [0.25, 0.3) is 0 Å². The molecule has 0 amide bonds. The smallest absolute Gasteiger partial charge is 0.336 e. The molecule has 0 aromatic heterocycles. The van der Waals surface area contributed by atoms with Gasteiger partial charge in [0.05, 0.1) is 0 Å². The lowest BCUT2D eigenvalue weighted by atomic mass is 9.29. The Labute approximate surface area is 137 Å². The minimum Gasteiger partial charge on any atom is -0.336 e. The number of halogens is 1. The second kappa shape index (κ2) is 4.54. The summed E-state index contributed by atoms with van der Waals surface area (Å²) >= 11 is 0. The molecule has 6 aliphatic carbocycles. The van der Waals surface area contributed by atoms with E-state index in [1.807, 2.05) is 0 Å². The summed E-state index contributed by atoms with van der Waals surface area (Å²) < 4.78 is 15.6. The molecule has 0 heterocycles. The van der Waals surface area contributed by atoms with E-state index < -0.39 is 6.99 Å². The zero-order valence-electron chi connectivity index (χ0n) is 15.4. The molecule has 6 aliphatic rings. The number of rotatable bonds is 2. The van der Waals surface area contributed by atoms with Crippen LogP contribution >= 0.6 is 0 Å². The summed E-state index contributed by atoms with van der Waals surface area (Å²) in [5.41, 5.74) is 0.968. The van der Waals surface area contributed by atoms with Crippen molar-refractivity contribution in [2.75, 3.05) is 0 Å². The molecular weight excluding hydrogens is 270 g/mol. The predicted molar refractivity (Wildman–Crippen MR) is 92.7 cm³/mol. The van der Waals surface area contributed by atoms with Gasteiger partial charge in [0.15, 0.2) is 0 Å². The van der Waals surface area contributed by atoms with Crippen molar-refractivity contribution in [1.82, 2.24) is 0 Å². The zero-order valence-corrected chi connectivity index (χ0v) is 15.4. The van der Waals surface area contributed by atoms with Crippen molar-refractivity contribution >= 4 is 6.99 Å². The number of fused-ring (bicyclic) bond motifs is 4. The van der Waals surface area contributed by atoms with Crippen LogP contribution in [0.25, 0.3) is 0 Å². The fourth-order valence-electron chi connectivity index (χ4n) is 7.54. The van der Waals surface area contributed by atoms with Crippen LogP contribution in [0, 0.1) is 46.3 Å². The van der Waals surface area contributed by atoms with Gasteiger partial charge >= 0.3 is 6.99 Å². The summed E-state index contributed by atoms with van der Waals surface area (Å²) in [4.78, 5) is 0. The fraction of sp³-hybridized carbons (Fsp3) is 1.00.